The number of rotatable bonds is 8. The minimum atomic E-state index is -0.574. The average Bonchev–Trinajstić information content (AvgIpc) is 3.40. The zero-order chi connectivity index (χ0) is 29.4. The molecule has 3 rings (SSSR count). The van der Waals surface area contributed by atoms with Crippen molar-refractivity contribution in [2.24, 2.45) is 0 Å². The first-order chi connectivity index (χ1) is 17.7. The highest BCUT2D eigenvalue weighted by Gasteiger charge is 2.35. The van der Waals surface area contributed by atoms with E-state index in [1.807, 2.05) is 32.7 Å². The van der Waals surface area contributed by atoms with Crippen LogP contribution in [0.25, 0.3) is 0 Å². The second kappa shape index (κ2) is 18.0. The summed E-state index contributed by atoms with van der Waals surface area (Å²) in [6.07, 6.45) is 2.52. The van der Waals surface area contributed by atoms with Gasteiger partial charge in [0.2, 0.25) is 5.91 Å². The Labute approximate surface area is 232 Å². The summed E-state index contributed by atoms with van der Waals surface area (Å²) in [6, 6.07) is 4.75. The summed E-state index contributed by atoms with van der Waals surface area (Å²) in [5.74, 6) is 1.58. The Kier molecular flexibility index (Phi) is 16.9. The highest BCUT2D eigenvalue weighted by atomic mass is 32.2. The van der Waals surface area contributed by atoms with E-state index in [9.17, 15) is 18.8 Å². The van der Waals surface area contributed by atoms with Crippen molar-refractivity contribution in [3.8, 4) is 0 Å². The molecule has 3 amide bonds. The van der Waals surface area contributed by atoms with Crippen LogP contribution in [0.5, 0.6) is 0 Å². The van der Waals surface area contributed by atoms with E-state index in [-0.39, 0.29) is 28.6 Å². The maximum atomic E-state index is 12.5. The predicted octanol–water partition coefficient (Wildman–Crippen LogP) is 3.73. The second-order valence-electron chi connectivity index (χ2n) is 10.4. The molecule has 0 bridgehead atoms. The number of carbonyl (C=O) groups excluding carboxylic acids is 3. The summed E-state index contributed by atoms with van der Waals surface area (Å²) in [5, 5.41) is 11.7. The zero-order valence-corrected chi connectivity index (χ0v) is 25.0. The third kappa shape index (κ3) is 15.8. The van der Waals surface area contributed by atoms with Gasteiger partial charge in [-0.3, -0.25) is 9.59 Å². The number of aldehydes is 1. The van der Waals surface area contributed by atoms with E-state index in [1.165, 1.54) is 25.5 Å². The molecule has 2 aliphatic heterocycles. The number of hydrogen-bond acceptors (Lipinski definition) is 7. The van der Waals surface area contributed by atoms with Gasteiger partial charge in [0, 0.05) is 36.2 Å². The number of thioether (sulfide) groups is 1. The van der Waals surface area contributed by atoms with Crippen LogP contribution in [0, 0.1) is 5.82 Å². The molecule has 2 fully saturated rings. The van der Waals surface area contributed by atoms with Crippen molar-refractivity contribution in [2.45, 2.75) is 84.5 Å². The number of anilines is 1. The summed E-state index contributed by atoms with van der Waals surface area (Å²) in [5.41, 5.74) is 5.35. The molecule has 2 atom stereocenters. The molecule has 0 aliphatic carbocycles. The highest BCUT2D eigenvalue weighted by Crippen LogP contribution is 2.20. The molecule has 0 saturated carbocycles. The number of urea groups is 1. The molecule has 11 heteroatoms. The number of fused-ring (bicyclic) bond motifs is 1. The molecule has 1 aromatic rings. The van der Waals surface area contributed by atoms with Crippen LogP contribution in [-0.4, -0.2) is 73.2 Å². The molecule has 0 aromatic heterocycles. The van der Waals surface area contributed by atoms with Crippen molar-refractivity contribution < 1.29 is 23.5 Å². The number of nitrogens with two attached hydrogens (primary N) is 1. The average molecular weight is 558 g/mol. The van der Waals surface area contributed by atoms with Gasteiger partial charge in [0.25, 0.3) is 0 Å². The minimum absolute atomic E-state index is 0.00491. The fourth-order valence-corrected chi connectivity index (χ4v) is 4.19. The van der Waals surface area contributed by atoms with E-state index < -0.39 is 5.82 Å². The third-order valence-electron chi connectivity index (χ3n) is 5.47. The number of nitrogens with one attached hydrogen (secondary N) is 4. The summed E-state index contributed by atoms with van der Waals surface area (Å²) in [7, 11) is 1.92. The first kappa shape index (κ1) is 35.6. The van der Waals surface area contributed by atoms with Gasteiger partial charge in [-0.1, -0.05) is 20.3 Å². The maximum Gasteiger partial charge on any atom is 0.315 e. The lowest BCUT2D eigenvalue weighted by Gasteiger charge is -2.31. The second-order valence-corrected chi connectivity index (χ2v) is 11.5. The van der Waals surface area contributed by atoms with Gasteiger partial charge in [-0.15, -0.1) is 0 Å². The molecule has 6 N–H and O–H groups in total. The Morgan fingerprint density at radius 3 is 2.21 bits per heavy atom. The van der Waals surface area contributed by atoms with Crippen molar-refractivity contribution in [3.63, 3.8) is 0 Å². The number of ether oxygens (including phenoxy) is 1. The van der Waals surface area contributed by atoms with Gasteiger partial charge in [-0.25, -0.2) is 9.18 Å². The van der Waals surface area contributed by atoms with Gasteiger partial charge in [-0.2, -0.15) is 11.8 Å². The van der Waals surface area contributed by atoms with Crippen LogP contribution in [0.15, 0.2) is 18.2 Å². The minimum Gasteiger partial charge on any atom is -0.399 e. The molecular weight excluding hydrogens is 509 g/mol. The molecule has 9 nitrogen and oxygen atoms in total. The fraction of sp³-hybridized carbons (Fsp3) is 0.667. The van der Waals surface area contributed by atoms with Crippen LogP contribution in [0.3, 0.4) is 0 Å². The molecule has 1 aromatic carbocycles. The van der Waals surface area contributed by atoms with Gasteiger partial charge in [0.05, 0.1) is 29.9 Å². The smallest absolute Gasteiger partial charge is 0.315 e. The van der Waals surface area contributed by atoms with Crippen LogP contribution in [0.4, 0.5) is 14.9 Å². The Balaban J connectivity index is 0.000000533. The monoisotopic (exact) mass is 557 g/mol. The van der Waals surface area contributed by atoms with E-state index >= 15 is 0 Å². The number of nitrogen functional groups attached to an aromatic ring is 1. The molecule has 0 radical (unpaired) electrons. The summed E-state index contributed by atoms with van der Waals surface area (Å²) in [4.78, 5) is 31.4. The number of halogens is 1. The number of benzene rings is 1. The molecule has 2 heterocycles. The highest BCUT2D eigenvalue weighted by molar-refractivity contribution is 7.99. The number of amides is 3. The Bertz CT molecular complexity index is 856. The SMILES string of the molecule is CCC.CNC(C)(C)COC(C)(C)CCNC(C)=O.Nc1ccc(C=O)c(F)c1.O=C1NC2CSCC2N1. The van der Waals surface area contributed by atoms with Crippen LogP contribution >= 0.6 is 11.8 Å². The molecule has 38 heavy (non-hydrogen) atoms. The van der Waals surface area contributed by atoms with E-state index in [0.29, 0.717) is 37.2 Å². The lowest BCUT2D eigenvalue weighted by Crippen LogP contribution is -2.44. The van der Waals surface area contributed by atoms with Gasteiger partial charge < -0.3 is 31.7 Å². The Morgan fingerprint density at radius 1 is 1.21 bits per heavy atom. The van der Waals surface area contributed by atoms with Crippen LogP contribution in [-0.2, 0) is 9.53 Å². The standard InChI is InChI=1S/C12H26N2O2.C7H6FNO.C5H8N2OS.C3H8/c1-10(15)14-8-7-12(4,5)16-9-11(2,3)13-6;8-7-3-6(9)2-1-5(7)4-10;8-5-6-3-1-9-2-4(3)7-5;1-3-2/h13H,7-9H2,1-6H3,(H,14,15);1-4H,9H2;3-4H,1-2H2,(H2,6,7,8);3H2,1-2H3. The number of likely N-dealkylation sites (N-methyl/N-ethyl adjacent to an activating group) is 1. The Hall–Kier alpha value is -2.37. The van der Waals surface area contributed by atoms with Crippen molar-refractivity contribution >= 4 is 35.7 Å². The Morgan fingerprint density at radius 2 is 1.76 bits per heavy atom. The predicted molar refractivity (Wildman–Crippen MR) is 155 cm³/mol. The van der Waals surface area contributed by atoms with E-state index in [0.717, 1.165) is 24.0 Å². The van der Waals surface area contributed by atoms with E-state index in [1.54, 1.807) is 0 Å². The maximum absolute atomic E-state index is 12.5. The number of carbonyl (C=O) groups is 3. The topological polar surface area (TPSA) is 135 Å². The largest absolute Gasteiger partial charge is 0.399 e. The van der Waals surface area contributed by atoms with Gasteiger partial charge >= 0.3 is 6.03 Å². The van der Waals surface area contributed by atoms with Crippen molar-refractivity contribution in [2.75, 3.05) is 37.4 Å². The zero-order valence-electron chi connectivity index (χ0n) is 24.2. The third-order valence-corrected chi connectivity index (χ3v) is 6.66. The quantitative estimate of drug-likeness (QED) is 0.187. The summed E-state index contributed by atoms with van der Waals surface area (Å²) < 4.78 is 18.4. The van der Waals surface area contributed by atoms with Gasteiger partial charge in [0.1, 0.15) is 5.82 Å². The first-order valence-electron chi connectivity index (χ1n) is 12.9. The van der Waals surface area contributed by atoms with E-state index in [4.69, 9.17) is 10.5 Å². The first-order valence-corrected chi connectivity index (χ1v) is 14.1. The molecule has 2 saturated heterocycles. The summed E-state index contributed by atoms with van der Waals surface area (Å²) in [6.45, 7) is 15.4. The van der Waals surface area contributed by atoms with Crippen molar-refractivity contribution in [1.29, 1.82) is 0 Å². The van der Waals surface area contributed by atoms with Crippen LogP contribution in [0.1, 0.15) is 71.7 Å². The van der Waals surface area contributed by atoms with Gasteiger partial charge in [-0.05, 0) is 59.4 Å². The van der Waals surface area contributed by atoms with Crippen LogP contribution in [0.2, 0.25) is 0 Å². The lowest BCUT2D eigenvalue weighted by atomic mass is 10.0. The normalized spacial score (nSPS) is 17.7. The molecular formula is C27H48FN5O4S. The van der Waals surface area contributed by atoms with Crippen molar-refractivity contribution in [1.82, 2.24) is 21.3 Å². The molecule has 218 valence electrons. The van der Waals surface area contributed by atoms with Crippen molar-refractivity contribution in [3.05, 3.63) is 29.6 Å². The molecule has 0 spiro atoms. The van der Waals surface area contributed by atoms with E-state index in [2.05, 4.69) is 49.0 Å². The summed E-state index contributed by atoms with van der Waals surface area (Å²) >= 11 is 1.89. The van der Waals surface area contributed by atoms with Crippen LogP contribution < -0.4 is 27.0 Å². The molecule has 2 aliphatic rings. The fourth-order valence-electron chi connectivity index (χ4n) is 2.92. The molecule has 2 unspecified atom stereocenters. The van der Waals surface area contributed by atoms with Gasteiger partial charge in [0.15, 0.2) is 6.29 Å². The lowest BCUT2D eigenvalue weighted by molar-refractivity contribution is -0.119. The number of hydrogen-bond donors (Lipinski definition) is 5.